The standard InChI is InChI=1S/C11H9F3N2O3/c1-16(18-2)10(17)8-4-3-7(6-15)5-9(8)19-11(12,13)14/h3-5H,1-2H3. The van der Waals surface area contributed by atoms with Gasteiger partial charge in [-0.2, -0.15) is 5.26 Å². The number of ether oxygens (including phenoxy) is 1. The Morgan fingerprint density at radius 2 is 2.05 bits per heavy atom. The van der Waals surface area contributed by atoms with Gasteiger partial charge in [0.2, 0.25) is 0 Å². The van der Waals surface area contributed by atoms with Crippen LogP contribution in [0.25, 0.3) is 0 Å². The molecule has 8 heteroatoms. The third-order valence-electron chi connectivity index (χ3n) is 2.13. The largest absolute Gasteiger partial charge is 0.573 e. The van der Waals surface area contributed by atoms with E-state index >= 15 is 0 Å². The van der Waals surface area contributed by atoms with Crippen LogP contribution in [0.1, 0.15) is 15.9 Å². The molecule has 0 saturated carbocycles. The van der Waals surface area contributed by atoms with Crippen molar-refractivity contribution in [1.82, 2.24) is 5.06 Å². The highest BCUT2D eigenvalue weighted by Crippen LogP contribution is 2.28. The fourth-order valence-electron chi connectivity index (χ4n) is 1.23. The Bertz CT molecular complexity index is 523. The summed E-state index contributed by atoms with van der Waals surface area (Å²) in [7, 11) is 2.42. The molecule has 0 atom stereocenters. The van der Waals surface area contributed by atoms with E-state index in [4.69, 9.17) is 5.26 Å². The van der Waals surface area contributed by atoms with Gasteiger partial charge in [0.1, 0.15) is 5.75 Å². The van der Waals surface area contributed by atoms with E-state index in [9.17, 15) is 18.0 Å². The van der Waals surface area contributed by atoms with E-state index < -0.39 is 18.0 Å². The average molecular weight is 274 g/mol. The minimum Gasteiger partial charge on any atom is -0.405 e. The Morgan fingerprint density at radius 1 is 1.42 bits per heavy atom. The summed E-state index contributed by atoms with van der Waals surface area (Å²) in [5.74, 6) is -1.58. The van der Waals surface area contributed by atoms with Gasteiger partial charge in [-0.15, -0.1) is 13.2 Å². The smallest absolute Gasteiger partial charge is 0.405 e. The van der Waals surface area contributed by atoms with E-state index in [1.807, 2.05) is 0 Å². The molecular weight excluding hydrogens is 265 g/mol. The molecule has 0 radical (unpaired) electrons. The van der Waals surface area contributed by atoms with Gasteiger partial charge in [-0.3, -0.25) is 9.63 Å². The molecule has 19 heavy (non-hydrogen) atoms. The van der Waals surface area contributed by atoms with Gasteiger partial charge in [0.15, 0.2) is 0 Å². The van der Waals surface area contributed by atoms with E-state index in [0.717, 1.165) is 17.2 Å². The number of carbonyl (C=O) groups excluding carboxylic acids is 1. The van der Waals surface area contributed by atoms with Crippen LogP contribution >= 0.6 is 0 Å². The lowest BCUT2D eigenvalue weighted by molar-refractivity contribution is -0.274. The predicted molar refractivity (Wildman–Crippen MR) is 56.9 cm³/mol. The molecule has 0 fully saturated rings. The van der Waals surface area contributed by atoms with Gasteiger partial charge >= 0.3 is 6.36 Å². The van der Waals surface area contributed by atoms with Gasteiger partial charge in [0.25, 0.3) is 5.91 Å². The fraction of sp³-hybridized carbons (Fsp3) is 0.273. The lowest BCUT2D eigenvalue weighted by Crippen LogP contribution is -2.27. The molecule has 0 N–H and O–H groups in total. The molecule has 102 valence electrons. The summed E-state index contributed by atoms with van der Waals surface area (Å²) in [6, 6.07) is 4.77. The summed E-state index contributed by atoms with van der Waals surface area (Å²) >= 11 is 0. The number of hydrogen-bond donors (Lipinski definition) is 0. The molecule has 0 unspecified atom stereocenters. The maximum atomic E-state index is 12.2. The van der Waals surface area contributed by atoms with E-state index in [-0.39, 0.29) is 11.1 Å². The van der Waals surface area contributed by atoms with Crippen LogP contribution in [0.3, 0.4) is 0 Å². The van der Waals surface area contributed by atoms with Crippen molar-refractivity contribution in [3.8, 4) is 11.8 Å². The molecule has 5 nitrogen and oxygen atoms in total. The van der Waals surface area contributed by atoms with Crippen molar-refractivity contribution in [2.75, 3.05) is 14.2 Å². The molecule has 0 aliphatic carbocycles. The molecule has 1 aromatic rings. The number of rotatable bonds is 3. The fourth-order valence-corrected chi connectivity index (χ4v) is 1.23. The van der Waals surface area contributed by atoms with E-state index in [0.29, 0.717) is 0 Å². The van der Waals surface area contributed by atoms with Crippen LogP contribution in [-0.4, -0.2) is 31.5 Å². The first-order valence-electron chi connectivity index (χ1n) is 4.90. The van der Waals surface area contributed by atoms with Crippen LogP contribution in [0.15, 0.2) is 18.2 Å². The van der Waals surface area contributed by atoms with Crippen LogP contribution < -0.4 is 4.74 Å². The van der Waals surface area contributed by atoms with Gasteiger partial charge < -0.3 is 4.74 Å². The number of hydroxylamine groups is 2. The maximum Gasteiger partial charge on any atom is 0.573 e. The summed E-state index contributed by atoms with van der Waals surface area (Å²) in [4.78, 5) is 16.3. The first-order chi connectivity index (χ1) is 8.78. The van der Waals surface area contributed by atoms with Gasteiger partial charge in [0.05, 0.1) is 24.3 Å². The highest BCUT2D eigenvalue weighted by Gasteiger charge is 2.33. The van der Waals surface area contributed by atoms with Crippen molar-refractivity contribution in [1.29, 1.82) is 5.26 Å². The van der Waals surface area contributed by atoms with E-state index in [1.54, 1.807) is 6.07 Å². The van der Waals surface area contributed by atoms with Crippen LogP contribution in [0.4, 0.5) is 13.2 Å². The lowest BCUT2D eigenvalue weighted by Gasteiger charge is -2.17. The number of halogens is 3. The zero-order valence-corrected chi connectivity index (χ0v) is 9.99. The molecule has 0 aliphatic rings. The number of nitriles is 1. The predicted octanol–water partition coefficient (Wildman–Crippen LogP) is 2.09. The van der Waals surface area contributed by atoms with Crippen LogP contribution in [-0.2, 0) is 4.84 Å². The summed E-state index contributed by atoms with van der Waals surface area (Å²) in [5.41, 5.74) is -0.420. The van der Waals surface area contributed by atoms with E-state index in [2.05, 4.69) is 9.57 Å². The van der Waals surface area contributed by atoms with Gasteiger partial charge in [-0.1, -0.05) is 0 Å². The van der Waals surface area contributed by atoms with Gasteiger partial charge in [-0.05, 0) is 18.2 Å². The van der Waals surface area contributed by atoms with Crippen LogP contribution in [0.2, 0.25) is 0 Å². The topological polar surface area (TPSA) is 62.6 Å². The Labute approximate surface area is 106 Å². The number of carbonyl (C=O) groups is 1. The number of amides is 1. The summed E-state index contributed by atoms with van der Waals surface area (Å²) < 4.78 is 40.5. The Morgan fingerprint density at radius 3 is 2.53 bits per heavy atom. The van der Waals surface area contributed by atoms with Crippen molar-refractivity contribution >= 4 is 5.91 Å². The summed E-state index contributed by atoms with van der Waals surface area (Å²) in [6.07, 6.45) is -4.96. The number of hydrogen-bond acceptors (Lipinski definition) is 4. The first-order valence-corrected chi connectivity index (χ1v) is 4.90. The van der Waals surface area contributed by atoms with Crippen molar-refractivity contribution < 1.29 is 27.5 Å². The third kappa shape index (κ3) is 3.86. The Kier molecular flexibility index (Phi) is 4.34. The van der Waals surface area contributed by atoms with Crippen molar-refractivity contribution in [2.24, 2.45) is 0 Å². The van der Waals surface area contributed by atoms with Gasteiger partial charge in [0, 0.05) is 7.05 Å². The molecule has 0 bridgehead atoms. The Hall–Kier alpha value is -2.27. The zero-order chi connectivity index (χ0) is 14.6. The SMILES string of the molecule is CON(C)C(=O)c1ccc(C#N)cc1OC(F)(F)F. The number of benzene rings is 1. The molecule has 1 rings (SSSR count). The molecule has 0 saturated heterocycles. The third-order valence-corrected chi connectivity index (χ3v) is 2.13. The van der Waals surface area contributed by atoms with E-state index in [1.165, 1.54) is 20.2 Å². The molecule has 0 aromatic heterocycles. The highest BCUT2D eigenvalue weighted by molar-refractivity contribution is 5.96. The summed E-state index contributed by atoms with van der Waals surface area (Å²) in [5, 5.41) is 9.38. The monoisotopic (exact) mass is 274 g/mol. The quantitative estimate of drug-likeness (QED) is 0.792. The van der Waals surface area contributed by atoms with Crippen molar-refractivity contribution in [2.45, 2.75) is 6.36 Å². The molecular formula is C11H9F3N2O3. The second kappa shape index (κ2) is 5.58. The average Bonchev–Trinajstić information content (AvgIpc) is 2.35. The molecule has 0 heterocycles. The Balaban J connectivity index is 3.24. The highest BCUT2D eigenvalue weighted by atomic mass is 19.4. The number of alkyl halides is 3. The van der Waals surface area contributed by atoms with Crippen LogP contribution in [0.5, 0.6) is 5.75 Å². The molecule has 0 spiro atoms. The first kappa shape index (κ1) is 14.8. The minimum atomic E-state index is -4.96. The maximum absolute atomic E-state index is 12.2. The lowest BCUT2D eigenvalue weighted by atomic mass is 10.1. The normalized spacial score (nSPS) is 10.7. The zero-order valence-electron chi connectivity index (χ0n) is 9.99. The number of nitrogens with zero attached hydrogens (tertiary/aromatic N) is 2. The van der Waals surface area contributed by atoms with Gasteiger partial charge in [-0.25, -0.2) is 5.06 Å². The van der Waals surface area contributed by atoms with Crippen LogP contribution in [0, 0.1) is 11.3 Å². The molecule has 1 amide bonds. The minimum absolute atomic E-state index is 0.0594. The second-order valence-electron chi connectivity index (χ2n) is 3.36. The second-order valence-corrected chi connectivity index (χ2v) is 3.36. The summed E-state index contributed by atoms with van der Waals surface area (Å²) in [6.45, 7) is 0. The van der Waals surface area contributed by atoms with Crippen molar-refractivity contribution in [3.05, 3.63) is 29.3 Å². The van der Waals surface area contributed by atoms with Crippen molar-refractivity contribution in [3.63, 3.8) is 0 Å². The molecule has 0 aliphatic heterocycles. The molecule has 1 aromatic carbocycles.